The van der Waals surface area contributed by atoms with Crippen LogP contribution < -0.4 is 14.8 Å². The Labute approximate surface area is 189 Å². The average molecular weight is 453 g/mol. The molecule has 0 radical (unpaired) electrons. The van der Waals surface area contributed by atoms with Crippen LogP contribution in [0.15, 0.2) is 83.8 Å². The van der Waals surface area contributed by atoms with Gasteiger partial charge in [-0.05, 0) is 42.7 Å². The van der Waals surface area contributed by atoms with Gasteiger partial charge in [0.05, 0.1) is 18.0 Å². The molecule has 3 aromatic carbocycles. The van der Waals surface area contributed by atoms with Crippen molar-refractivity contribution in [1.82, 2.24) is 10.0 Å². The van der Waals surface area contributed by atoms with Crippen molar-refractivity contribution in [1.29, 1.82) is 0 Å². The monoisotopic (exact) mass is 452 g/mol. The zero-order valence-electron chi connectivity index (χ0n) is 18.2. The minimum Gasteiger partial charge on any atom is -0.496 e. The van der Waals surface area contributed by atoms with E-state index in [1.54, 1.807) is 31.4 Å². The van der Waals surface area contributed by atoms with Gasteiger partial charge in [0.25, 0.3) is 0 Å². The number of aryl methyl sites for hydroxylation is 1. The molecule has 1 amide bonds. The van der Waals surface area contributed by atoms with Crippen molar-refractivity contribution in [3.8, 4) is 5.75 Å². The van der Waals surface area contributed by atoms with E-state index in [1.807, 2.05) is 61.5 Å². The molecule has 0 heterocycles. The largest absolute Gasteiger partial charge is 0.496 e. The van der Waals surface area contributed by atoms with Gasteiger partial charge in [0.1, 0.15) is 5.75 Å². The summed E-state index contributed by atoms with van der Waals surface area (Å²) in [6.07, 6.45) is 0.820. The van der Waals surface area contributed by atoms with Crippen LogP contribution in [0.5, 0.6) is 5.75 Å². The van der Waals surface area contributed by atoms with E-state index in [-0.39, 0.29) is 23.4 Å². The number of rotatable bonds is 10. The fraction of sp³-hybridized carbons (Fsp3) is 0.240. The number of ether oxygens (including phenoxy) is 1. The highest BCUT2D eigenvalue weighted by Crippen LogP contribution is 2.24. The number of para-hydroxylation sites is 1. The summed E-state index contributed by atoms with van der Waals surface area (Å²) >= 11 is 0. The van der Waals surface area contributed by atoms with Crippen LogP contribution in [0, 0.1) is 0 Å². The summed E-state index contributed by atoms with van der Waals surface area (Å²) < 4.78 is 33.0. The van der Waals surface area contributed by atoms with Gasteiger partial charge in [-0.2, -0.15) is 0 Å². The standard InChI is InChI=1S/C25H28N2O4S/c1-19(23-10-6-7-11-24(23)31-2)27-25(28)17-14-20-12-15-22(16-13-20)32(29,30)26-18-21-8-4-3-5-9-21/h3-13,15-16,19,26H,14,17-18H2,1-2H3,(H,27,28). The molecule has 0 aliphatic rings. The molecule has 0 saturated carbocycles. The Balaban J connectivity index is 1.52. The second-order valence-electron chi connectivity index (χ2n) is 7.49. The van der Waals surface area contributed by atoms with Gasteiger partial charge in [0.15, 0.2) is 0 Å². The van der Waals surface area contributed by atoms with Crippen molar-refractivity contribution in [3.05, 3.63) is 95.6 Å². The van der Waals surface area contributed by atoms with E-state index in [4.69, 9.17) is 4.74 Å². The number of carbonyl (C=O) groups is 1. The van der Waals surface area contributed by atoms with E-state index in [1.165, 1.54) is 0 Å². The summed E-state index contributed by atoms with van der Waals surface area (Å²) in [5.41, 5.74) is 2.70. The SMILES string of the molecule is COc1ccccc1C(C)NC(=O)CCc1ccc(S(=O)(=O)NCc2ccccc2)cc1. The Morgan fingerprint density at radius 3 is 2.25 bits per heavy atom. The first-order valence-corrected chi connectivity index (χ1v) is 11.9. The summed E-state index contributed by atoms with van der Waals surface area (Å²) in [6.45, 7) is 2.15. The first kappa shape index (κ1) is 23.5. The Morgan fingerprint density at radius 1 is 0.906 bits per heavy atom. The summed E-state index contributed by atoms with van der Waals surface area (Å²) in [5, 5.41) is 2.98. The van der Waals surface area contributed by atoms with E-state index in [0.717, 1.165) is 22.4 Å². The molecule has 0 aliphatic carbocycles. The molecule has 3 aromatic rings. The number of methoxy groups -OCH3 is 1. The number of nitrogens with one attached hydrogen (secondary N) is 2. The molecule has 0 aliphatic heterocycles. The Bertz CT molecular complexity index is 1130. The topological polar surface area (TPSA) is 84.5 Å². The minimum atomic E-state index is -3.60. The lowest BCUT2D eigenvalue weighted by Crippen LogP contribution is -2.27. The normalized spacial score (nSPS) is 12.2. The average Bonchev–Trinajstić information content (AvgIpc) is 2.82. The molecule has 0 bridgehead atoms. The Hall–Kier alpha value is -3.16. The zero-order valence-corrected chi connectivity index (χ0v) is 19.1. The molecule has 1 unspecified atom stereocenters. The molecule has 7 heteroatoms. The van der Waals surface area contributed by atoms with Gasteiger partial charge in [-0.25, -0.2) is 13.1 Å². The molecule has 32 heavy (non-hydrogen) atoms. The highest BCUT2D eigenvalue weighted by atomic mass is 32.2. The first-order chi connectivity index (χ1) is 15.4. The quantitative estimate of drug-likeness (QED) is 0.487. The predicted octanol–water partition coefficient (Wildman–Crippen LogP) is 3.98. The van der Waals surface area contributed by atoms with Gasteiger partial charge in [0.2, 0.25) is 15.9 Å². The van der Waals surface area contributed by atoms with Gasteiger partial charge in [-0.1, -0.05) is 60.7 Å². The molecule has 1 atom stereocenters. The molecule has 0 fully saturated rings. The van der Waals surface area contributed by atoms with Crippen molar-refractivity contribution in [2.45, 2.75) is 37.2 Å². The highest BCUT2D eigenvalue weighted by molar-refractivity contribution is 7.89. The van der Waals surface area contributed by atoms with Crippen LogP contribution in [0.2, 0.25) is 0 Å². The molecule has 6 nitrogen and oxygen atoms in total. The van der Waals surface area contributed by atoms with Crippen LogP contribution in [0.4, 0.5) is 0 Å². The van der Waals surface area contributed by atoms with Gasteiger partial charge >= 0.3 is 0 Å². The summed E-state index contributed by atoms with van der Waals surface area (Å²) in [5.74, 6) is 0.655. The predicted molar refractivity (Wildman–Crippen MR) is 125 cm³/mol. The molecule has 0 spiro atoms. The van der Waals surface area contributed by atoms with E-state index in [2.05, 4.69) is 10.0 Å². The van der Waals surface area contributed by atoms with E-state index in [0.29, 0.717) is 12.8 Å². The van der Waals surface area contributed by atoms with Crippen molar-refractivity contribution < 1.29 is 17.9 Å². The molecule has 0 aromatic heterocycles. The summed E-state index contributed by atoms with van der Waals surface area (Å²) in [6, 6.07) is 23.4. The molecular weight excluding hydrogens is 424 g/mol. The maximum absolute atomic E-state index is 12.5. The number of carbonyl (C=O) groups excluding carboxylic acids is 1. The number of hydrogen-bond acceptors (Lipinski definition) is 4. The summed E-state index contributed by atoms with van der Waals surface area (Å²) in [7, 11) is -2.00. The van der Waals surface area contributed by atoms with Crippen LogP contribution in [0.25, 0.3) is 0 Å². The number of amides is 1. The third-order valence-electron chi connectivity index (χ3n) is 5.17. The van der Waals surface area contributed by atoms with Gasteiger partial charge in [0, 0.05) is 18.5 Å². The van der Waals surface area contributed by atoms with Crippen molar-refractivity contribution in [2.75, 3.05) is 7.11 Å². The maximum Gasteiger partial charge on any atom is 0.240 e. The Kier molecular flexibility index (Phi) is 8.03. The van der Waals surface area contributed by atoms with Crippen LogP contribution in [0.3, 0.4) is 0 Å². The highest BCUT2D eigenvalue weighted by Gasteiger charge is 2.15. The number of benzene rings is 3. The van der Waals surface area contributed by atoms with Crippen LogP contribution in [-0.2, 0) is 27.8 Å². The number of sulfonamides is 1. The lowest BCUT2D eigenvalue weighted by Gasteiger charge is -2.17. The lowest BCUT2D eigenvalue weighted by atomic mass is 10.1. The van der Waals surface area contributed by atoms with Crippen molar-refractivity contribution in [3.63, 3.8) is 0 Å². The third-order valence-corrected chi connectivity index (χ3v) is 6.58. The van der Waals surface area contributed by atoms with Crippen LogP contribution >= 0.6 is 0 Å². The van der Waals surface area contributed by atoms with E-state index >= 15 is 0 Å². The number of hydrogen-bond donors (Lipinski definition) is 2. The van der Waals surface area contributed by atoms with Crippen LogP contribution in [0.1, 0.15) is 36.1 Å². The van der Waals surface area contributed by atoms with Crippen molar-refractivity contribution >= 4 is 15.9 Å². The molecular formula is C25H28N2O4S. The minimum absolute atomic E-state index is 0.0790. The summed E-state index contributed by atoms with van der Waals surface area (Å²) in [4.78, 5) is 12.6. The fourth-order valence-electron chi connectivity index (χ4n) is 3.37. The molecule has 168 valence electrons. The first-order valence-electron chi connectivity index (χ1n) is 10.4. The lowest BCUT2D eigenvalue weighted by molar-refractivity contribution is -0.121. The van der Waals surface area contributed by atoms with E-state index in [9.17, 15) is 13.2 Å². The Morgan fingerprint density at radius 2 is 1.56 bits per heavy atom. The fourth-order valence-corrected chi connectivity index (χ4v) is 4.38. The smallest absolute Gasteiger partial charge is 0.240 e. The van der Waals surface area contributed by atoms with Gasteiger partial charge in [-0.3, -0.25) is 4.79 Å². The molecule has 3 rings (SSSR count). The maximum atomic E-state index is 12.5. The van der Waals surface area contributed by atoms with Crippen LogP contribution in [-0.4, -0.2) is 21.4 Å². The van der Waals surface area contributed by atoms with Crippen molar-refractivity contribution in [2.24, 2.45) is 0 Å². The second kappa shape index (κ2) is 10.9. The molecule has 2 N–H and O–H groups in total. The van der Waals surface area contributed by atoms with Gasteiger partial charge in [-0.15, -0.1) is 0 Å². The third kappa shape index (κ3) is 6.42. The second-order valence-corrected chi connectivity index (χ2v) is 9.25. The van der Waals surface area contributed by atoms with E-state index < -0.39 is 10.0 Å². The van der Waals surface area contributed by atoms with Gasteiger partial charge < -0.3 is 10.1 Å². The zero-order chi connectivity index (χ0) is 23.0. The molecule has 0 saturated heterocycles.